The topological polar surface area (TPSA) is 24.1 Å². The predicted octanol–water partition coefficient (Wildman–Crippen LogP) is 4.57. The largest absolute Gasteiger partial charge is 0.355 e. The lowest BCUT2D eigenvalue weighted by molar-refractivity contribution is 0.480. The van der Waals surface area contributed by atoms with Crippen LogP contribution in [0.25, 0.3) is 0 Å². The molecule has 2 N–H and O–H groups in total. The van der Waals surface area contributed by atoms with Crippen LogP contribution in [0.2, 0.25) is 0 Å². The van der Waals surface area contributed by atoms with Gasteiger partial charge in [-0.1, -0.05) is 19.9 Å². The summed E-state index contributed by atoms with van der Waals surface area (Å²) in [6.07, 6.45) is 0. The van der Waals surface area contributed by atoms with E-state index in [1.807, 2.05) is 6.07 Å². The third-order valence-electron chi connectivity index (χ3n) is 2.91. The molecule has 1 aromatic carbocycles. The molecule has 0 radical (unpaired) electrons. The van der Waals surface area contributed by atoms with E-state index >= 15 is 0 Å². The summed E-state index contributed by atoms with van der Waals surface area (Å²) in [6.45, 7) is 4.30. The van der Waals surface area contributed by atoms with Gasteiger partial charge in [0.25, 0.3) is 0 Å². The van der Waals surface area contributed by atoms with Crippen LogP contribution in [0.5, 0.6) is 0 Å². The number of thiophene rings is 1. The van der Waals surface area contributed by atoms with Gasteiger partial charge in [0.1, 0.15) is 5.82 Å². The van der Waals surface area contributed by atoms with Crippen molar-refractivity contribution in [2.24, 2.45) is 5.92 Å². The molecule has 0 spiro atoms. The van der Waals surface area contributed by atoms with E-state index in [0.717, 1.165) is 5.69 Å². The summed E-state index contributed by atoms with van der Waals surface area (Å²) >= 11 is 7.04. The zero-order valence-electron chi connectivity index (χ0n) is 11.4. The molecular weight excluding hydrogens is 291 g/mol. The number of hydrogen-bond donors (Lipinski definition) is 2. The molecule has 5 heteroatoms. The number of anilines is 1. The molecule has 0 unspecified atom stereocenters. The van der Waals surface area contributed by atoms with Gasteiger partial charge in [-0.05, 0) is 53.8 Å². The van der Waals surface area contributed by atoms with Gasteiger partial charge in [-0.2, -0.15) is 0 Å². The molecule has 0 saturated heterocycles. The van der Waals surface area contributed by atoms with Gasteiger partial charge in [-0.15, -0.1) is 11.3 Å². The lowest BCUT2D eigenvalue weighted by atomic mass is 10.0. The number of hydrogen-bond acceptors (Lipinski definition) is 2. The zero-order valence-corrected chi connectivity index (χ0v) is 13.0. The highest BCUT2D eigenvalue weighted by molar-refractivity contribution is 7.80. The second kappa shape index (κ2) is 6.81. The maximum Gasteiger partial charge on any atom is 0.171 e. The second-order valence-electron chi connectivity index (χ2n) is 4.84. The Labute approximate surface area is 128 Å². The van der Waals surface area contributed by atoms with Crippen LogP contribution in [0.4, 0.5) is 10.1 Å². The molecule has 2 aromatic rings. The Morgan fingerprint density at radius 1 is 1.20 bits per heavy atom. The van der Waals surface area contributed by atoms with Gasteiger partial charge in [0, 0.05) is 10.6 Å². The van der Waals surface area contributed by atoms with Crippen LogP contribution in [0, 0.1) is 11.7 Å². The molecule has 2 rings (SSSR count). The van der Waals surface area contributed by atoms with Crippen molar-refractivity contribution in [3.8, 4) is 0 Å². The quantitative estimate of drug-likeness (QED) is 0.809. The molecule has 106 valence electrons. The number of benzene rings is 1. The SMILES string of the molecule is CC(C)[C@@H](NC(=S)Nc1ccc(F)cc1)c1cccs1. The average Bonchev–Trinajstić information content (AvgIpc) is 2.92. The van der Waals surface area contributed by atoms with Crippen LogP contribution in [-0.4, -0.2) is 5.11 Å². The van der Waals surface area contributed by atoms with Gasteiger partial charge in [0.2, 0.25) is 0 Å². The summed E-state index contributed by atoms with van der Waals surface area (Å²) in [5.74, 6) is 0.162. The Morgan fingerprint density at radius 2 is 1.90 bits per heavy atom. The van der Waals surface area contributed by atoms with Crippen LogP contribution < -0.4 is 10.6 Å². The molecule has 0 aliphatic carbocycles. The minimum Gasteiger partial charge on any atom is -0.355 e. The summed E-state index contributed by atoms with van der Waals surface area (Å²) in [7, 11) is 0. The average molecular weight is 308 g/mol. The first-order valence-electron chi connectivity index (χ1n) is 6.43. The van der Waals surface area contributed by atoms with E-state index in [4.69, 9.17) is 12.2 Å². The summed E-state index contributed by atoms with van der Waals surface area (Å²) < 4.78 is 12.9. The van der Waals surface area contributed by atoms with Crippen molar-refractivity contribution in [3.63, 3.8) is 0 Å². The van der Waals surface area contributed by atoms with Gasteiger partial charge >= 0.3 is 0 Å². The summed E-state index contributed by atoms with van der Waals surface area (Å²) in [5.41, 5.74) is 0.776. The highest BCUT2D eigenvalue weighted by Crippen LogP contribution is 2.25. The molecule has 1 heterocycles. The molecular formula is C15H17FN2S2. The highest BCUT2D eigenvalue weighted by atomic mass is 32.1. The molecule has 1 atom stereocenters. The summed E-state index contributed by atoms with van der Waals surface area (Å²) in [4.78, 5) is 1.25. The van der Waals surface area contributed by atoms with Gasteiger partial charge in [0.05, 0.1) is 6.04 Å². The first-order chi connectivity index (χ1) is 9.56. The molecule has 0 aliphatic rings. The molecule has 1 aromatic heterocycles. The monoisotopic (exact) mass is 308 g/mol. The fourth-order valence-electron chi connectivity index (χ4n) is 1.88. The lowest BCUT2D eigenvalue weighted by Crippen LogP contribution is -2.34. The van der Waals surface area contributed by atoms with E-state index in [1.165, 1.54) is 17.0 Å². The molecule has 20 heavy (non-hydrogen) atoms. The number of nitrogens with one attached hydrogen (secondary N) is 2. The molecule has 0 amide bonds. The van der Waals surface area contributed by atoms with E-state index < -0.39 is 0 Å². The maximum atomic E-state index is 12.9. The third kappa shape index (κ3) is 4.02. The van der Waals surface area contributed by atoms with Crippen LogP contribution in [-0.2, 0) is 0 Å². The molecule has 0 fully saturated rings. The molecule has 0 saturated carbocycles. The van der Waals surface area contributed by atoms with Gasteiger partial charge in [-0.25, -0.2) is 4.39 Å². The summed E-state index contributed by atoms with van der Waals surface area (Å²) in [5, 5.41) is 9.00. The van der Waals surface area contributed by atoms with Crippen molar-refractivity contribution in [3.05, 3.63) is 52.5 Å². The first-order valence-corrected chi connectivity index (χ1v) is 7.71. The Balaban J connectivity index is 2.00. The Kier molecular flexibility index (Phi) is 5.09. The van der Waals surface area contributed by atoms with Crippen molar-refractivity contribution >= 4 is 34.4 Å². The van der Waals surface area contributed by atoms with E-state index in [0.29, 0.717) is 11.0 Å². The number of halogens is 1. The van der Waals surface area contributed by atoms with Crippen molar-refractivity contribution < 1.29 is 4.39 Å². The molecule has 2 nitrogen and oxygen atoms in total. The standard InChI is InChI=1S/C15H17FN2S2/c1-10(2)14(13-4-3-9-20-13)18-15(19)17-12-7-5-11(16)6-8-12/h3-10,14H,1-2H3,(H2,17,18,19)/t14-/m1/s1. The highest BCUT2D eigenvalue weighted by Gasteiger charge is 2.17. The van der Waals surface area contributed by atoms with E-state index in [2.05, 4.69) is 35.9 Å². The molecule has 0 bridgehead atoms. The van der Waals surface area contributed by atoms with Crippen molar-refractivity contribution in [1.29, 1.82) is 0 Å². The van der Waals surface area contributed by atoms with Gasteiger partial charge < -0.3 is 10.6 Å². The summed E-state index contributed by atoms with van der Waals surface area (Å²) in [6, 6.07) is 10.5. The zero-order chi connectivity index (χ0) is 14.5. The van der Waals surface area contributed by atoms with Crippen LogP contribution in [0.15, 0.2) is 41.8 Å². The van der Waals surface area contributed by atoms with Crippen molar-refractivity contribution in [1.82, 2.24) is 5.32 Å². The normalized spacial score (nSPS) is 12.2. The first kappa shape index (κ1) is 14.9. The van der Waals surface area contributed by atoms with Crippen LogP contribution in [0.3, 0.4) is 0 Å². The Morgan fingerprint density at radius 3 is 2.45 bits per heavy atom. The second-order valence-corrected chi connectivity index (χ2v) is 6.23. The predicted molar refractivity (Wildman–Crippen MR) is 87.7 cm³/mol. The van der Waals surface area contributed by atoms with E-state index in [9.17, 15) is 4.39 Å². The van der Waals surface area contributed by atoms with Crippen LogP contribution >= 0.6 is 23.6 Å². The fraction of sp³-hybridized carbons (Fsp3) is 0.267. The minimum atomic E-state index is -0.256. The maximum absolute atomic E-state index is 12.9. The van der Waals surface area contributed by atoms with Gasteiger partial charge in [-0.3, -0.25) is 0 Å². The Bertz CT molecular complexity index is 550. The van der Waals surface area contributed by atoms with Crippen molar-refractivity contribution in [2.45, 2.75) is 19.9 Å². The number of thiocarbonyl (C=S) groups is 1. The van der Waals surface area contributed by atoms with Gasteiger partial charge in [0.15, 0.2) is 5.11 Å². The fourth-order valence-corrected chi connectivity index (χ4v) is 3.07. The van der Waals surface area contributed by atoms with Crippen molar-refractivity contribution in [2.75, 3.05) is 5.32 Å². The third-order valence-corrected chi connectivity index (χ3v) is 4.08. The lowest BCUT2D eigenvalue weighted by Gasteiger charge is -2.23. The Hall–Kier alpha value is -1.46. The van der Waals surface area contributed by atoms with E-state index in [-0.39, 0.29) is 11.9 Å². The van der Waals surface area contributed by atoms with Crippen LogP contribution in [0.1, 0.15) is 24.8 Å². The van der Waals surface area contributed by atoms with E-state index in [1.54, 1.807) is 23.5 Å². The number of rotatable bonds is 4. The minimum absolute atomic E-state index is 0.176. The smallest absolute Gasteiger partial charge is 0.171 e. The molecule has 0 aliphatic heterocycles.